The minimum absolute atomic E-state index is 0.109. The first kappa shape index (κ1) is 13.1. The predicted molar refractivity (Wildman–Crippen MR) is 63.7 cm³/mol. The van der Waals surface area contributed by atoms with E-state index in [0.29, 0.717) is 5.56 Å². The SMILES string of the molecule is CC(N[C@H](C)c1ccccc1F)C(C)(C)O. The molecule has 0 radical (unpaired) electrons. The predicted octanol–water partition coefficient (Wildman–Crippen LogP) is 2.64. The van der Waals surface area contributed by atoms with Crippen LogP contribution in [0.3, 0.4) is 0 Å². The molecular weight excluding hydrogens is 205 g/mol. The van der Waals surface area contributed by atoms with Crippen LogP contribution in [0.1, 0.15) is 39.3 Å². The van der Waals surface area contributed by atoms with E-state index in [4.69, 9.17) is 0 Å². The third kappa shape index (κ3) is 3.29. The van der Waals surface area contributed by atoms with Gasteiger partial charge in [0.25, 0.3) is 0 Å². The van der Waals surface area contributed by atoms with Gasteiger partial charge in [0.2, 0.25) is 0 Å². The molecule has 0 aromatic heterocycles. The molecule has 16 heavy (non-hydrogen) atoms. The molecule has 1 aromatic rings. The average Bonchev–Trinajstić information content (AvgIpc) is 2.16. The molecule has 1 aromatic carbocycles. The summed E-state index contributed by atoms with van der Waals surface area (Å²) in [7, 11) is 0. The van der Waals surface area contributed by atoms with Gasteiger partial charge in [0.15, 0.2) is 0 Å². The fourth-order valence-electron chi connectivity index (χ4n) is 1.49. The number of aliphatic hydroxyl groups is 1. The van der Waals surface area contributed by atoms with Gasteiger partial charge >= 0.3 is 0 Å². The molecule has 0 aliphatic rings. The van der Waals surface area contributed by atoms with E-state index in [1.165, 1.54) is 6.07 Å². The number of hydrogen-bond acceptors (Lipinski definition) is 2. The van der Waals surface area contributed by atoms with Crippen molar-refractivity contribution >= 4 is 0 Å². The topological polar surface area (TPSA) is 32.3 Å². The molecule has 0 fully saturated rings. The van der Waals surface area contributed by atoms with Crippen molar-refractivity contribution < 1.29 is 9.50 Å². The number of nitrogens with one attached hydrogen (secondary N) is 1. The lowest BCUT2D eigenvalue weighted by molar-refractivity contribution is 0.0404. The maximum absolute atomic E-state index is 13.5. The molecule has 2 nitrogen and oxygen atoms in total. The van der Waals surface area contributed by atoms with Crippen LogP contribution in [0.25, 0.3) is 0 Å². The highest BCUT2D eigenvalue weighted by atomic mass is 19.1. The number of halogens is 1. The van der Waals surface area contributed by atoms with Crippen molar-refractivity contribution in [3.63, 3.8) is 0 Å². The summed E-state index contributed by atoms with van der Waals surface area (Å²) < 4.78 is 13.5. The Bertz CT molecular complexity index is 346. The standard InChI is InChI=1S/C13H20FNO/c1-9(15-10(2)13(3,4)16)11-7-5-6-8-12(11)14/h5-10,15-16H,1-4H3/t9-,10?/m1/s1. The van der Waals surface area contributed by atoms with Crippen molar-refractivity contribution in [1.82, 2.24) is 5.32 Å². The Morgan fingerprint density at radius 2 is 1.81 bits per heavy atom. The van der Waals surface area contributed by atoms with E-state index < -0.39 is 5.60 Å². The first-order valence-electron chi connectivity index (χ1n) is 5.55. The molecule has 0 aliphatic heterocycles. The molecule has 2 N–H and O–H groups in total. The zero-order valence-corrected chi connectivity index (χ0v) is 10.3. The van der Waals surface area contributed by atoms with E-state index in [1.807, 2.05) is 19.9 Å². The largest absolute Gasteiger partial charge is 0.389 e. The Labute approximate surface area is 96.5 Å². The summed E-state index contributed by atoms with van der Waals surface area (Å²) in [5.41, 5.74) is -0.196. The van der Waals surface area contributed by atoms with E-state index in [2.05, 4.69) is 5.32 Å². The molecule has 0 spiro atoms. The molecule has 0 aliphatic carbocycles. The summed E-state index contributed by atoms with van der Waals surface area (Å²) in [6.07, 6.45) is 0. The van der Waals surface area contributed by atoms with Crippen LogP contribution in [0.15, 0.2) is 24.3 Å². The molecule has 2 atom stereocenters. The van der Waals surface area contributed by atoms with Crippen LogP contribution in [0.2, 0.25) is 0 Å². The summed E-state index contributed by atoms with van der Waals surface area (Å²) >= 11 is 0. The van der Waals surface area contributed by atoms with Gasteiger partial charge in [-0.15, -0.1) is 0 Å². The zero-order chi connectivity index (χ0) is 12.3. The van der Waals surface area contributed by atoms with Crippen molar-refractivity contribution in [2.45, 2.75) is 45.4 Å². The lowest BCUT2D eigenvalue weighted by atomic mass is 9.98. The third-order valence-corrected chi connectivity index (χ3v) is 2.93. The van der Waals surface area contributed by atoms with E-state index in [0.717, 1.165) is 0 Å². The van der Waals surface area contributed by atoms with Crippen LogP contribution < -0.4 is 5.32 Å². The van der Waals surface area contributed by atoms with Crippen molar-refractivity contribution in [2.24, 2.45) is 0 Å². The molecule has 0 saturated heterocycles. The zero-order valence-electron chi connectivity index (χ0n) is 10.3. The Morgan fingerprint density at radius 3 is 2.31 bits per heavy atom. The second-order valence-corrected chi connectivity index (χ2v) is 4.79. The highest BCUT2D eigenvalue weighted by Gasteiger charge is 2.24. The van der Waals surface area contributed by atoms with E-state index in [1.54, 1.807) is 26.0 Å². The number of hydrogen-bond donors (Lipinski definition) is 2. The summed E-state index contributed by atoms with van der Waals surface area (Å²) in [5.74, 6) is -0.217. The van der Waals surface area contributed by atoms with Gasteiger partial charge in [0, 0.05) is 17.6 Å². The number of benzene rings is 1. The van der Waals surface area contributed by atoms with Gasteiger partial charge in [-0.1, -0.05) is 18.2 Å². The smallest absolute Gasteiger partial charge is 0.127 e. The van der Waals surface area contributed by atoms with E-state index in [9.17, 15) is 9.50 Å². The summed E-state index contributed by atoms with van der Waals surface area (Å²) in [6, 6.07) is 6.45. The Kier molecular flexibility index (Phi) is 4.05. The summed E-state index contributed by atoms with van der Waals surface area (Å²) in [5, 5.41) is 13.0. The molecule has 0 saturated carbocycles. The van der Waals surface area contributed by atoms with Gasteiger partial charge < -0.3 is 10.4 Å². The van der Waals surface area contributed by atoms with Gasteiger partial charge in [-0.2, -0.15) is 0 Å². The fraction of sp³-hybridized carbons (Fsp3) is 0.538. The van der Waals surface area contributed by atoms with Crippen molar-refractivity contribution in [1.29, 1.82) is 0 Å². The van der Waals surface area contributed by atoms with Gasteiger partial charge in [-0.25, -0.2) is 4.39 Å². The molecule has 3 heteroatoms. The molecule has 1 unspecified atom stereocenters. The maximum Gasteiger partial charge on any atom is 0.127 e. The minimum atomic E-state index is -0.820. The minimum Gasteiger partial charge on any atom is -0.389 e. The monoisotopic (exact) mass is 225 g/mol. The van der Waals surface area contributed by atoms with Crippen molar-refractivity contribution in [3.05, 3.63) is 35.6 Å². The first-order chi connectivity index (χ1) is 7.32. The quantitative estimate of drug-likeness (QED) is 0.825. The van der Waals surface area contributed by atoms with Crippen LogP contribution in [0, 0.1) is 5.82 Å². The molecule has 90 valence electrons. The van der Waals surface area contributed by atoms with Crippen LogP contribution in [-0.4, -0.2) is 16.7 Å². The van der Waals surface area contributed by atoms with Gasteiger partial charge in [0.05, 0.1) is 5.60 Å². The lowest BCUT2D eigenvalue weighted by Crippen LogP contribution is -2.45. The van der Waals surface area contributed by atoms with Gasteiger partial charge in [-0.05, 0) is 33.8 Å². The highest BCUT2D eigenvalue weighted by Crippen LogP contribution is 2.19. The fourth-order valence-corrected chi connectivity index (χ4v) is 1.49. The molecule has 0 bridgehead atoms. The average molecular weight is 225 g/mol. The van der Waals surface area contributed by atoms with E-state index >= 15 is 0 Å². The highest BCUT2D eigenvalue weighted by molar-refractivity contribution is 5.20. The maximum atomic E-state index is 13.5. The number of rotatable bonds is 4. The molecule has 0 amide bonds. The van der Waals surface area contributed by atoms with Crippen LogP contribution in [-0.2, 0) is 0 Å². The Balaban J connectivity index is 2.73. The second kappa shape index (κ2) is 4.93. The van der Waals surface area contributed by atoms with Gasteiger partial charge in [0.1, 0.15) is 5.82 Å². The molecular formula is C13H20FNO. The summed E-state index contributed by atoms with van der Waals surface area (Å²) in [4.78, 5) is 0. The summed E-state index contributed by atoms with van der Waals surface area (Å²) in [6.45, 7) is 7.25. The van der Waals surface area contributed by atoms with Crippen molar-refractivity contribution in [2.75, 3.05) is 0 Å². The normalized spacial score (nSPS) is 15.9. The van der Waals surface area contributed by atoms with Crippen LogP contribution in [0.5, 0.6) is 0 Å². The molecule has 0 heterocycles. The lowest BCUT2D eigenvalue weighted by Gasteiger charge is -2.30. The second-order valence-electron chi connectivity index (χ2n) is 4.79. The third-order valence-electron chi connectivity index (χ3n) is 2.93. The van der Waals surface area contributed by atoms with Crippen LogP contribution in [0.4, 0.5) is 4.39 Å². The van der Waals surface area contributed by atoms with Crippen molar-refractivity contribution in [3.8, 4) is 0 Å². The van der Waals surface area contributed by atoms with E-state index in [-0.39, 0.29) is 17.9 Å². The van der Waals surface area contributed by atoms with Gasteiger partial charge in [-0.3, -0.25) is 0 Å². The van der Waals surface area contributed by atoms with Crippen LogP contribution >= 0.6 is 0 Å². The Hall–Kier alpha value is -0.930. The molecule has 1 rings (SSSR count). The first-order valence-corrected chi connectivity index (χ1v) is 5.55. The Morgan fingerprint density at radius 1 is 1.25 bits per heavy atom.